The Bertz CT molecular complexity index is 198. The van der Waals surface area contributed by atoms with Crippen LogP contribution in [0.3, 0.4) is 0 Å². The fraction of sp³-hybridized carbons (Fsp3) is 0.250. The van der Waals surface area contributed by atoms with E-state index in [2.05, 4.69) is 0 Å². The average molecular weight is 204 g/mol. The van der Waals surface area contributed by atoms with Gasteiger partial charge in [0.15, 0.2) is 11.5 Å². The van der Waals surface area contributed by atoms with Gasteiger partial charge >= 0.3 is 0 Å². The molecular weight excluding hydrogens is 187 g/mol. The van der Waals surface area contributed by atoms with Crippen molar-refractivity contribution in [2.24, 2.45) is 11.5 Å². The van der Waals surface area contributed by atoms with Crippen LogP contribution in [0.2, 0.25) is 0 Å². The molecule has 0 fully saturated rings. The summed E-state index contributed by atoms with van der Waals surface area (Å²) in [6.07, 6.45) is 0. The topological polar surface area (TPSA) is 92.5 Å². The minimum atomic E-state index is -0.0764. The van der Waals surface area contributed by atoms with Crippen molar-refractivity contribution in [3.63, 3.8) is 0 Å². The molecule has 0 aromatic heterocycles. The van der Waals surface area contributed by atoms with Gasteiger partial charge in [0, 0.05) is 13.1 Å². The second-order valence-electron chi connectivity index (χ2n) is 2.07. The first kappa shape index (κ1) is 14.7. The minimum Gasteiger partial charge on any atom is -0.504 e. The maximum absolute atomic E-state index is 8.67. The highest BCUT2D eigenvalue weighted by Crippen LogP contribution is 2.21. The highest BCUT2D eigenvalue weighted by atomic mass is 31.0. The standard InChI is InChI=1S/C6H6O2.C2H8N2.H3P/c7-5-3-1-2-4-6(5)8;3-1-2-4;/h1-4,7-8H;1-4H2;1H3. The molecule has 5 heteroatoms. The molecule has 1 aromatic carbocycles. The van der Waals surface area contributed by atoms with Gasteiger partial charge in [-0.05, 0) is 12.1 Å². The number of para-hydroxylation sites is 2. The lowest BCUT2D eigenvalue weighted by atomic mass is 10.3. The fourth-order valence-corrected chi connectivity index (χ4v) is 0.464. The van der Waals surface area contributed by atoms with Gasteiger partial charge in [0.05, 0.1) is 0 Å². The fourth-order valence-electron chi connectivity index (χ4n) is 0.464. The molecule has 0 saturated carbocycles. The molecule has 0 aliphatic carbocycles. The number of hydrogen-bond acceptors (Lipinski definition) is 4. The Balaban J connectivity index is 0. The third-order valence-electron chi connectivity index (χ3n) is 1.05. The highest BCUT2D eigenvalue weighted by Gasteiger charge is 1.90. The molecule has 1 atom stereocenters. The lowest BCUT2D eigenvalue weighted by Gasteiger charge is -1.91. The second-order valence-corrected chi connectivity index (χ2v) is 2.07. The first-order valence-electron chi connectivity index (χ1n) is 3.59. The Morgan fingerprint density at radius 2 is 1.23 bits per heavy atom. The second kappa shape index (κ2) is 9.26. The first-order valence-corrected chi connectivity index (χ1v) is 3.59. The van der Waals surface area contributed by atoms with Crippen molar-refractivity contribution in [3.8, 4) is 11.5 Å². The molecule has 6 N–H and O–H groups in total. The maximum Gasteiger partial charge on any atom is 0.157 e. The predicted octanol–water partition coefficient (Wildman–Crippen LogP) is 0.0597. The molecule has 0 spiro atoms. The van der Waals surface area contributed by atoms with Gasteiger partial charge in [0.25, 0.3) is 0 Å². The van der Waals surface area contributed by atoms with Crippen molar-refractivity contribution in [2.45, 2.75) is 0 Å². The summed E-state index contributed by atoms with van der Waals surface area (Å²) >= 11 is 0. The number of aromatic hydroxyl groups is 2. The number of phenols is 2. The summed E-state index contributed by atoms with van der Waals surface area (Å²) < 4.78 is 0. The monoisotopic (exact) mass is 204 g/mol. The van der Waals surface area contributed by atoms with E-state index in [0.29, 0.717) is 13.1 Å². The van der Waals surface area contributed by atoms with Crippen molar-refractivity contribution in [2.75, 3.05) is 13.1 Å². The zero-order valence-corrected chi connectivity index (χ0v) is 8.89. The van der Waals surface area contributed by atoms with Gasteiger partial charge in [-0.25, -0.2) is 0 Å². The van der Waals surface area contributed by atoms with Gasteiger partial charge in [-0.3, -0.25) is 0 Å². The molecule has 4 nitrogen and oxygen atoms in total. The Morgan fingerprint density at radius 3 is 1.38 bits per heavy atom. The van der Waals surface area contributed by atoms with Crippen molar-refractivity contribution in [3.05, 3.63) is 24.3 Å². The predicted molar refractivity (Wildman–Crippen MR) is 59.0 cm³/mol. The van der Waals surface area contributed by atoms with E-state index < -0.39 is 0 Å². The number of nitrogens with two attached hydrogens (primary N) is 2. The molecular formula is C8H17N2O2P. The summed E-state index contributed by atoms with van der Waals surface area (Å²) in [6, 6.07) is 6.15. The zero-order chi connectivity index (χ0) is 9.40. The third-order valence-corrected chi connectivity index (χ3v) is 1.05. The quantitative estimate of drug-likeness (QED) is 0.384. The van der Waals surface area contributed by atoms with Gasteiger partial charge in [-0.2, -0.15) is 9.90 Å². The van der Waals surface area contributed by atoms with Crippen molar-refractivity contribution in [1.29, 1.82) is 0 Å². The molecule has 1 unspecified atom stereocenters. The van der Waals surface area contributed by atoms with E-state index in [1.807, 2.05) is 0 Å². The van der Waals surface area contributed by atoms with Gasteiger partial charge in [0.1, 0.15) is 0 Å². The van der Waals surface area contributed by atoms with Crippen LogP contribution in [0.4, 0.5) is 0 Å². The molecule has 0 bridgehead atoms. The largest absolute Gasteiger partial charge is 0.504 e. The zero-order valence-electron chi connectivity index (χ0n) is 7.48. The highest BCUT2D eigenvalue weighted by molar-refractivity contribution is 6.92. The van der Waals surface area contributed by atoms with Crippen molar-refractivity contribution in [1.82, 2.24) is 0 Å². The molecule has 13 heavy (non-hydrogen) atoms. The van der Waals surface area contributed by atoms with Crippen LogP contribution < -0.4 is 11.5 Å². The number of phenolic OH excluding ortho intramolecular Hbond substituents is 2. The lowest BCUT2D eigenvalue weighted by Crippen LogP contribution is -2.11. The first-order chi connectivity index (χ1) is 5.72. The Hall–Kier alpha value is -0.830. The van der Waals surface area contributed by atoms with E-state index in [1.54, 1.807) is 12.1 Å². The van der Waals surface area contributed by atoms with E-state index >= 15 is 0 Å². The van der Waals surface area contributed by atoms with Gasteiger partial charge in [-0.15, -0.1) is 0 Å². The summed E-state index contributed by atoms with van der Waals surface area (Å²) in [5.74, 6) is -0.153. The Kier molecular flexibility index (Phi) is 10.5. The van der Waals surface area contributed by atoms with Crippen LogP contribution >= 0.6 is 9.90 Å². The third kappa shape index (κ3) is 7.53. The Morgan fingerprint density at radius 1 is 0.923 bits per heavy atom. The van der Waals surface area contributed by atoms with E-state index in [1.165, 1.54) is 12.1 Å². The van der Waals surface area contributed by atoms with Crippen LogP contribution in [0.1, 0.15) is 0 Å². The SMILES string of the molecule is NCCN.Oc1ccccc1O.P. The van der Waals surface area contributed by atoms with E-state index in [-0.39, 0.29) is 21.4 Å². The minimum absolute atomic E-state index is 0. The smallest absolute Gasteiger partial charge is 0.157 e. The van der Waals surface area contributed by atoms with E-state index in [0.717, 1.165) is 0 Å². The molecule has 76 valence electrons. The molecule has 0 radical (unpaired) electrons. The average Bonchev–Trinajstić information content (AvgIpc) is 2.11. The van der Waals surface area contributed by atoms with Crippen LogP contribution in [0.5, 0.6) is 11.5 Å². The maximum atomic E-state index is 8.67. The number of rotatable bonds is 1. The molecule has 0 aliphatic heterocycles. The molecule has 1 rings (SSSR count). The van der Waals surface area contributed by atoms with Gasteiger partial charge < -0.3 is 21.7 Å². The molecule has 0 amide bonds. The van der Waals surface area contributed by atoms with Crippen LogP contribution in [0.25, 0.3) is 0 Å². The van der Waals surface area contributed by atoms with Crippen molar-refractivity contribution < 1.29 is 10.2 Å². The lowest BCUT2D eigenvalue weighted by molar-refractivity contribution is 0.404. The van der Waals surface area contributed by atoms with E-state index in [9.17, 15) is 0 Å². The molecule has 0 saturated heterocycles. The summed E-state index contributed by atoms with van der Waals surface area (Å²) in [6.45, 7) is 1.19. The summed E-state index contributed by atoms with van der Waals surface area (Å²) in [5.41, 5.74) is 9.81. The summed E-state index contributed by atoms with van der Waals surface area (Å²) in [7, 11) is 0. The summed E-state index contributed by atoms with van der Waals surface area (Å²) in [5, 5.41) is 17.3. The number of hydrogen-bond donors (Lipinski definition) is 4. The molecule has 0 aliphatic rings. The molecule has 1 aromatic rings. The van der Waals surface area contributed by atoms with Gasteiger partial charge in [-0.1, -0.05) is 12.1 Å². The van der Waals surface area contributed by atoms with Gasteiger partial charge in [0.2, 0.25) is 0 Å². The van der Waals surface area contributed by atoms with Crippen LogP contribution in [-0.4, -0.2) is 23.3 Å². The Labute approximate surface area is 81.2 Å². The van der Waals surface area contributed by atoms with Crippen LogP contribution in [-0.2, 0) is 0 Å². The molecule has 0 heterocycles. The van der Waals surface area contributed by atoms with E-state index in [4.69, 9.17) is 21.7 Å². The van der Waals surface area contributed by atoms with Crippen molar-refractivity contribution >= 4 is 9.90 Å². The normalized spacial score (nSPS) is 7.85. The van der Waals surface area contributed by atoms with Crippen LogP contribution in [0, 0.1) is 0 Å². The van der Waals surface area contributed by atoms with Crippen LogP contribution in [0.15, 0.2) is 24.3 Å². The number of benzene rings is 1. The summed E-state index contributed by atoms with van der Waals surface area (Å²) in [4.78, 5) is 0.